The van der Waals surface area contributed by atoms with Gasteiger partial charge in [-0.1, -0.05) is 51.1 Å². The van der Waals surface area contributed by atoms with Gasteiger partial charge in [-0.25, -0.2) is 8.78 Å². The lowest BCUT2D eigenvalue weighted by Gasteiger charge is -2.28. The van der Waals surface area contributed by atoms with Crippen molar-refractivity contribution in [3.63, 3.8) is 0 Å². The molecule has 0 saturated heterocycles. The number of carbonyl (C=O) groups excluding carboxylic acids is 1. The lowest BCUT2D eigenvalue weighted by molar-refractivity contribution is 0.231. The number of aliphatic imine (C=N–C) groups is 1. The molecule has 0 aromatic heterocycles. The van der Waals surface area contributed by atoms with Gasteiger partial charge in [0, 0.05) is 0 Å². The lowest BCUT2D eigenvalue weighted by atomic mass is 9.86. The molecule has 1 unspecified atom stereocenters. The molecule has 0 N–H and O–H groups in total. The zero-order valence-corrected chi connectivity index (χ0v) is 20.8. The average Bonchev–Trinajstić information content (AvgIpc) is 3.20. The second-order valence-corrected chi connectivity index (χ2v) is 9.79. The molecule has 4 nitrogen and oxygen atoms in total. The molecule has 1 aliphatic heterocycles. The van der Waals surface area contributed by atoms with Crippen molar-refractivity contribution in [2.24, 2.45) is 4.99 Å². The van der Waals surface area contributed by atoms with E-state index < -0.39 is 23.3 Å². The van der Waals surface area contributed by atoms with Crippen LogP contribution in [0.2, 0.25) is 0 Å². The number of amides is 1. The summed E-state index contributed by atoms with van der Waals surface area (Å²) >= 11 is 6.15. The Morgan fingerprint density at radius 1 is 0.971 bits per heavy atom. The van der Waals surface area contributed by atoms with Crippen molar-refractivity contribution in [3.05, 3.63) is 101 Å². The molecule has 2 atom stereocenters. The number of nitrogens with zero attached hydrogens (tertiary/aromatic N) is 2. The van der Waals surface area contributed by atoms with Crippen molar-refractivity contribution in [2.75, 3.05) is 6.61 Å². The van der Waals surface area contributed by atoms with Crippen LogP contribution in [0, 0.1) is 11.6 Å². The van der Waals surface area contributed by atoms with E-state index in [-0.39, 0.29) is 11.2 Å². The summed E-state index contributed by atoms with van der Waals surface area (Å²) in [5, 5.41) is -0.731. The van der Waals surface area contributed by atoms with Gasteiger partial charge in [0.05, 0.1) is 18.2 Å². The number of rotatable bonds is 5. The van der Waals surface area contributed by atoms with Gasteiger partial charge in [0.2, 0.25) is 0 Å². The second kappa shape index (κ2) is 9.78. The van der Waals surface area contributed by atoms with E-state index in [1.807, 2.05) is 25.1 Å². The van der Waals surface area contributed by atoms with Gasteiger partial charge < -0.3 is 4.74 Å². The maximum Gasteiger partial charge on any atom is 0.322 e. The fourth-order valence-electron chi connectivity index (χ4n) is 4.29. The van der Waals surface area contributed by atoms with Gasteiger partial charge in [-0.05, 0) is 77.0 Å². The number of benzene rings is 3. The fraction of sp³-hybridized carbons (Fsp3) is 0.286. The highest BCUT2D eigenvalue weighted by Gasteiger charge is 2.42. The molecule has 1 amide bonds. The van der Waals surface area contributed by atoms with E-state index in [2.05, 4.69) is 20.8 Å². The Hall–Kier alpha value is -3.25. The number of halogens is 3. The summed E-state index contributed by atoms with van der Waals surface area (Å²) in [5.41, 5.74) is 2.92. The Morgan fingerprint density at radius 3 is 2.06 bits per heavy atom. The molecule has 1 heterocycles. The largest absolute Gasteiger partial charge is 0.493 e. The highest BCUT2D eigenvalue weighted by atomic mass is 35.5. The summed E-state index contributed by atoms with van der Waals surface area (Å²) in [6.07, 6.45) is 0. The maximum absolute atomic E-state index is 13.7. The summed E-state index contributed by atoms with van der Waals surface area (Å²) in [5.74, 6) is 0.152. The topological polar surface area (TPSA) is 41.9 Å². The minimum atomic E-state index is -0.731. The normalized spacial score (nSPS) is 17.9. The summed E-state index contributed by atoms with van der Waals surface area (Å²) in [7, 11) is 0. The third kappa shape index (κ3) is 5.08. The van der Waals surface area contributed by atoms with Crippen molar-refractivity contribution in [1.29, 1.82) is 0 Å². The number of carbonyl (C=O) groups is 1. The first-order valence-electron chi connectivity index (χ1n) is 11.4. The summed E-state index contributed by atoms with van der Waals surface area (Å²) in [6.45, 7) is 8.63. The molecule has 0 radical (unpaired) electrons. The molecule has 0 fully saturated rings. The predicted octanol–water partition coefficient (Wildman–Crippen LogP) is 7.56. The molecule has 182 valence electrons. The molecule has 0 spiro atoms. The summed E-state index contributed by atoms with van der Waals surface area (Å²) < 4.78 is 33.4. The zero-order valence-electron chi connectivity index (χ0n) is 20.1. The van der Waals surface area contributed by atoms with Crippen LogP contribution in [0.5, 0.6) is 5.75 Å². The SMILES string of the molecule is CCOc1cc(C(C)(C)C)ccc1C1=N[C@@H](c2ccc(F)cc2)C(c2ccc(F)cc2)N1C(=O)Cl. The average molecular weight is 497 g/mol. The van der Waals surface area contributed by atoms with Crippen LogP contribution in [-0.2, 0) is 5.41 Å². The molecule has 0 bridgehead atoms. The van der Waals surface area contributed by atoms with Crippen molar-refractivity contribution < 1.29 is 18.3 Å². The van der Waals surface area contributed by atoms with Gasteiger partial charge in [0.25, 0.3) is 0 Å². The van der Waals surface area contributed by atoms with E-state index in [4.69, 9.17) is 21.3 Å². The standard InChI is InChI=1S/C28H27ClF2N2O2/c1-5-35-23-16-19(28(2,3)4)10-15-22(23)26-32-24(17-6-11-20(30)12-7-17)25(33(26)27(29)34)18-8-13-21(31)14-9-18/h6-16,24-25H,5H2,1-4H3/t24-,25?/m0/s1. The van der Waals surface area contributed by atoms with E-state index in [0.29, 0.717) is 34.9 Å². The van der Waals surface area contributed by atoms with Gasteiger partial charge in [-0.3, -0.25) is 14.7 Å². The molecule has 4 rings (SSSR count). The van der Waals surface area contributed by atoms with E-state index >= 15 is 0 Å². The molecule has 1 aliphatic rings. The molecule has 0 aliphatic carbocycles. The third-order valence-electron chi connectivity index (χ3n) is 6.07. The predicted molar refractivity (Wildman–Crippen MR) is 134 cm³/mol. The van der Waals surface area contributed by atoms with Gasteiger partial charge in [0.1, 0.15) is 29.3 Å². The molecular weight excluding hydrogens is 470 g/mol. The van der Waals surface area contributed by atoms with Crippen LogP contribution < -0.4 is 4.74 Å². The Kier molecular flexibility index (Phi) is 6.95. The lowest BCUT2D eigenvalue weighted by Crippen LogP contribution is -2.34. The zero-order chi connectivity index (χ0) is 25.3. The van der Waals surface area contributed by atoms with Crippen LogP contribution in [0.25, 0.3) is 0 Å². The van der Waals surface area contributed by atoms with Crippen molar-refractivity contribution in [1.82, 2.24) is 4.90 Å². The maximum atomic E-state index is 13.7. The third-order valence-corrected chi connectivity index (χ3v) is 6.25. The highest BCUT2D eigenvalue weighted by Crippen LogP contribution is 2.45. The van der Waals surface area contributed by atoms with E-state index in [1.165, 1.54) is 29.2 Å². The van der Waals surface area contributed by atoms with Gasteiger partial charge in [-0.15, -0.1) is 0 Å². The van der Waals surface area contributed by atoms with E-state index in [1.54, 1.807) is 24.3 Å². The first-order chi connectivity index (χ1) is 16.6. The van der Waals surface area contributed by atoms with Crippen LogP contribution in [0.15, 0.2) is 71.7 Å². The van der Waals surface area contributed by atoms with Crippen molar-refractivity contribution in [3.8, 4) is 5.75 Å². The number of ether oxygens (including phenoxy) is 1. The van der Waals surface area contributed by atoms with E-state index in [9.17, 15) is 13.6 Å². The fourth-order valence-corrected chi connectivity index (χ4v) is 4.47. The number of hydrogen-bond acceptors (Lipinski definition) is 3. The Balaban J connectivity index is 1.91. The Morgan fingerprint density at radius 2 is 1.54 bits per heavy atom. The number of hydrogen-bond donors (Lipinski definition) is 0. The Bertz CT molecular complexity index is 1250. The van der Waals surface area contributed by atoms with Crippen LogP contribution >= 0.6 is 11.6 Å². The van der Waals surface area contributed by atoms with Crippen LogP contribution in [-0.4, -0.2) is 22.7 Å². The van der Waals surface area contributed by atoms with Gasteiger partial charge >= 0.3 is 5.37 Å². The molecule has 3 aromatic rings. The minimum absolute atomic E-state index is 0.114. The Labute approximate surface area is 209 Å². The van der Waals surface area contributed by atoms with Crippen molar-refractivity contribution in [2.45, 2.75) is 45.2 Å². The van der Waals surface area contributed by atoms with Gasteiger partial charge in [0.15, 0.2) is 0 Å². The van der Waals surface area contributed by atoms with E-state index in [0.717, 1.165) is 5.56 Å². The van der Waals surface area contributed by atoms with Crippen LogP contribution in [0.1, 0.15) is 62.0 Å². The molecular formula is C28H27ClF2N2O2. The quantitative estimate of drug-likeness (QED) is 0.270. The molecule has 7 heteroatoms. The van der Waals surface area contributed by atoms with Gasteiger partial charge in [-0.2, -0.15) is 0 Å². The minimum Gasteiger partial charge on any atom is -0.493 e. The van der Waals surface area contributed by atoms with Crippen LogP contribution in [0.3, 0.4) is 0 Å². The molecule has 35 heavy (non-hydrogen) atoms. The summed E-state index contributed by atoms with van der Waals surface area (Å²) in [6, 6.07) is 16.4. The van der Waals surface area contributed by atoms with Crippen LogP contribution in [0.4, 0.5) is 13.6 Å². The monoisotopic (exact) mass is 496 g/mol. The highest BCUT2D eigenvalue weighted by molar-refractivity contribution is 6.64. The smallest absolute Gasteiger partial charge is 0.322 e. The molecule has 0 saturated carbocycles. The first kappa shape index (κ1) is 24.9. The second-order valence-electron chi connectivity index (χ2n) is 9.46. The number of amidine groups is 1. The van der Waals surface area contributed by atoms with Crippen molar-refractivity contribution >= 4 is 22.8 Å². The molecule has 3 aromatic carbocycles. The first-order valence-corrected chi connectivity index (χ1v) is 11.8. The summed E-state index contributed by atoms with van der Waals surface area (Å²) in [4.78, 5) is 19.2.